The summed E-state index contributed by atoms with van der Waals surface area (Å²) in [6, 6.07) is 2.78. The molecule has 0 aromatic carbocycles. The summed E-state index contributed by atoms with van der Waals surface area (Å²) in [6.07, 6.45) is 7.15. The quantitative estimate of drug-likeness (QED) is 0.582. The van der Waals surface area contributed by atoms with Crippen LogP contribution in [0.5, 0.6) is 0 Å². The number of nitrogens with one attached hydrogen (secondary N) is 1. The van der Waals surface area contributed by atoms with Crippen molar-refractivity contribution in [1.29, 1.82) is 5.26 Å². The summed E-state index contributed by atoms with van der Waals surface area (Å²) in [7, 11) is 2.20. The molecule has 19 heavy (non-hydrogen) atoms. The molecule has 0 bridgehead atoms. The van der Waals surface area contributed by atoms with E-state index in [2.05, 4.69) is 44.1 Å². The zero-order valence-electron chi connectivity index (χ0n) is 13.6. The summed E-state index contributed by atoms with van der Waals surface area (Å²) >= 11 is 0. The Morgan fingerprint density at radius 2 is 1.74 bits per heavy atom. The first-order valence-corrected chi connectivity index (χ1v) is 7.81. The fourth-order valence-corrected chi connectivity index (χ4v) is 2.40. The van der Waals surface area contributed by atoms with Gasteiger partial charge < -0.3 is 4.90 Å². The van der Waals surface area contributed by atoms with E-state index in [4.69, 9.17) is 0 Å². The number of hydrogen-bond donors (Lipinski definition) is 1. The van der Waals surface area contributed by atoms with Gasteiger partial charge >= 0.3 is 0 Å². The number of nitriles is 1. The maximum atomic E-state index is 9.26. The van der Waals surface area contributed by atoms with Crippen LogP contribution >= 0.6 is 0 Å². The number of unbranched alkanes of at least 4 members (excludes halogenated alkanes) is 3. The standard InChI is InChI=1S/C16H33N3/c1-6-7-9-12-19(5)13-10-8-11-16(4,14-17)18-15(2)3/h15,18H,6-13H2,1-5H3. The Hall–Kier alpha value is -0.590. The van der Waals surface area contributed by atoms with Crippen molar-refractivity contribution < 1.29 is 0 Å². The van der Waals surface area contributed by atoms with Crippen molar-refractivity contribution in [3.05, 3.63) is 0 Å². The zero-order valence-corrected chi connectivity index (χ0v) is 13.6. The van der Waals surface area contributed by atoms with Crippen LogP contribution in [0, 0.1) is 11.3 Å². The third kappa shape index (κ3) is 9.92. The average Bonchev–Trinajstić information content (AvgIpc) is 2.34. The summed E-state index contributed by atoms with van der Waals surface area (Å²) in [5.74, 6) is 0. The summed E-state index contributed by atoms with van der Waals surface area (Å²) < 4.78 is 0. The van der Waals surface area contributed by atoms with Crippen LogP contribution in [0.1, 0.15) is 66.2 Å². The lowest BCUT2D eigenvalue weighted by atomic mass is 9.95. The fourth-order valence-electron chi connectivity index (χ4n) is 2.40. The Bertz CT molecular complexity index is 257. The lowest BCUT2D eigenvalue weighted by Crippen LogP contribution is -2.44. The largest absolute Gasteiger partial charge is 0.306 e. The Kier molecular flexibility index (Phi) is 9.91. The minimum Gasteiger partial charge on any atom is -0.306 e. The van der Waals surface area contributed by atoms with Gasteiger partial charge in [0.05, 0.1) is 6.07 Å². The van der Waals surface area contributed by atoms with Gasteiger partial charge in [-0.05, 0) is 66.6 Å². The molecule has 1 N–H and O–H groups in total. The summed E-state index contributed by atoms with van der Waals surface area (Å²) in [6.45, 7) is 10.8. The molecule has 0 spiro atoms. The second kappa shape index (κ2) is 10.2. The van der Waals surface area contributed by atoms with Crippen molar-refractivity contribution in [3.8, 4) is 6.07 Å². The fraction of sp³-hybridized carbons (Fsp3) is 0.938. The van der Waals surface area contributed by atoms with Crippen molar-refractivity contribution in [2.24, 2.45) is 0 Å². The van der Waals surface area contributed by atoms with Crippen molar-refractivity contribution in [3.63, 3.8) is 0 Å². The van der Waals surface area contributed by atoms with E-state index < -0.39 is 0 Å². The van der Waals surface area contributed by atoms with Crippen LogP contribution < -0.4 is 5.32 Å². The Labute approximate surface area is 120 Å². The molecule has 0 radical (unpaired) electrons. The molecule has 0 saturated heterocycles. The highest BCUT2D eigenvalue weighted by atomic mass is 15.1. The summed E-state index contributed by atoms with van der Waals surface area (Å²) in [4.78, 5) is 2.41. The second-order valence-corrected chi connectivity index (χ2v) is 6.21. The molecule has 0 aliphatic carbocycles. The van der Waals surface area contributed by atoms with E-state index >= 15 is 0 Å². The SMILES string of the molecule is CCCCCN(C)CCCCC(C)(C#N)NC(C)C. The van der Waals surface area contributed by atoms with E-state index in [1.54, 1.807) is 0 Å². The topological polar surface area (TPSA) is 39.1 Å². The van der Waals surface area contributed by atoms with E-state index in [9.17, 15) is 5.26 Å². The normalized spacial score (nSPS) is 14.6. The molecule has 1 atom stereocenters. The Balaban J connectivity index is 3.74. The monoisotopic (exact) mass is 267 g/mol. The third-order valence-electron chi connectivity index (χ3n) is 3.46. The minimum atomic E-state index is -0.366. The first-order valence-electron chi connectivity index (χ1n) is 7.81. The van der Waals surface area contributed by atoms with Crippen molar-refractivity contribution in [1.82, 2.24) is 10.2 Å². The molecule has 112 valence electrons. The molecule has 0 aliphatic heterocycles. The molecule has 0 saturated carbocycles. The Morgan fingerprint density at radius 1 is 1.16 bits per heavy atom. The van der Waals surface area contributed by atoms with Crippen LogP contribution in [0.3, 0.4) is 0 Å². The van der Waals surface area contributed by atoms with E-state index in [-0.39, 0.29) is 5.54 Å². The van der Waals surface area contributed by atoms with Gasteiger partial charge in [-0.2, -0.15) is 5.26 Å². The van der Waals surface area contributed by atoms with Gasteiger partial charge in [-0.3, -0.25) is 5.32 Å². The van der Waals surface area contributed by atoms with Crippen LogP contribution in [0.15, 0.2) is 0 Å². The van der Waals surface area contributed by atoms with Crippen LogP contribution in [0.2, 0.25) is 0 Å². The molecule has 0 fully saturated rings. The first-order chi connectivity index (χ1) is 8.93. The molecule has 3 heteroatoms. The van der Waals surface area contributed by atoms with Gasteiger partial charge in [-0.25, -0.2) is 0 Å². The summed E-state index contributed by atoms with van der Waals surface area (Å²) in [5, 5.41) is 12.6. The number of hydrogen-bond acceptors (Lipinski definition) is 3. The maximum Gasteiger partial charge on any atom is 0.104 e. The molecule has 0 amide bonds. The molecule has 0 aromatic heterocycles. The van der Waals surface area contributed by atoms with E-state index in [1.165, 1.54) is 32.2 Å². The zero-order chi connectivity index (χ0) is 14.7. The van der Waals surface area contributed by atoms with Crippen LogP contribution in [0.4, 0.5) is 0 Å². The molecule has 0 aromatic rings. The third-order valence-corrected chi connectivity index (χ3v) is 3.46. The molecule has 1 unspecified atom stereocenters. The smallest absolute Gasteiger partial charge is 0.104 e. The van der Waals surface area contributed by atoms with Gasteiger partial charge in [0, 0.05) is 6.04 Å². The van der Waals surface area contributed by atoms with E-state index in [1.807, 2.05) is 6.92 Å². The lowest BCUT2D eigenvalue weighted by molar-refractivity contribution is 0.304. The first kappa shape index (κ1) is 18.4. The van der Waals surface area contributed by atoms with Crippen LogP contribution in [-0.4, -0.2) is 36.6 Å². The van der Waals surface area contributed by atoms with E-state index in [0.717, 1.165) is 19.4 Å². The highest BCUT2D eigenvalue weighted by Crippen LogP contribution is 2.14. The van der Waals surface area contributed by atoms with Crippen LogP contribution in [0.25, 0.3) is 0 Å². The second-order valence-electron chi connectivity index (χ2n) is 6.21. The van der Waals surface area contributed by atoms with Gasteiger partial charge in [0.1, 0.15) is 5.54 Å². The molecule has 0 heterocycles. The molecule has 0 rings (SSSR count). The Morgan fingerprint density at radius 3 is 2.21 bits per heavy atom. The minimum absolute atomic E-state index is 0.362. The van der Waals surface area contributed by atoms with Crippen molar-refractivity contribution in [2.75, 3.05) is 20.1 Å². The number of rotatable bonds is 11. The maximum absolute atomic E-state index is 9.26. The van der Waals surface area contributed by atoms with Crippen LogP contribution in [-0.2, 0) is 0 Å². The summed E-state index contributed by atoms with van der Waals surface area (Å²) in [5.41, 5.74) is -0.366. The predicted octanol–water partition coefficient (Wildman–Crippen LogP) is 3.56. The predicted molar refractivity (Wildman–Crippen MR) is 83.2 cm³/mol. The average molecular weight is 267 g/mol. The van der Waals surface area contributed by atoms with Gasteiger partial charge in [-0.1, -0.05) is 19.8 Å². The molecular weight excluding hydrogens is 234 g/mol. The van der Waals surface area contributed by atoms with Gasteiger partial charge in [-0.15, -0.1) is 0 Å². The highest BCUT2D eigenvalue weighted by Gasteiger charge is 2.23. The van der Waals surface area contributed by atoms with Gasteiger partial charge in [0.15, 0.2) is 0 Å². The van der Waals surface area contributed by atoms with E-state index in [0.29, 0.717) is 6.04 Å². The van der Waals surface area contributed by atoms with Crippen molar-refractivity contribution >= 4 is 0 Å². The van der Waals surface area contributed by atoms with Crippen molar-refractivity contribution in [2.45, 2.75) is 77.8 Å². The lowest BCUT2D eigenvalue weighted by Gasteiger charge is -2.26. The van der Waals surface area contributed by atoms with Gasteiger partial charge in [0.25, 0.3) is 0 Å². The molecule has 3 nitrogen and oxygen atoms in total. The highest BCUT2D eigenvalue weighted by molar-refractivity contribution is 5.04. The van der Waals surface area contributed by atoms with Gasteiger partial charge in [0.2, 0.25) is 0 Å². The number of nitrogens with zero attached hydrogens (tertiary/aromatic N) is 2. The molecule has 0 aliphatic rings. The molecular formula is C16H33N3.